The molecule has 0 radical (unpaired) electrons. The molecular formula is C16H18N2O3S2. The summed E-state index contributed by atoms with van der Waals surface area (Å²) in [5.41, 5.74) is 0.745. The van der Waals surface area contributed by atoms with Crippen molar-refractivity contribution >= 4 is 34.6 Å². The van der Waals surface area contributed by atoms with E-state index < -0.39 is 5.97 Å². The van der Waals surface area contributed by atoms with Crippen LogP contribution in [0.5, 0.6) is 0 Å². The summed E-state index contributed by atoms with van der Waals surface area (Å²) in [7, 11) is 0. The van der Waals surface area contributed by atoms with Gasteiger partial charge >= 0.3 is 5.97 Å². The predicted octanol–water partition coefficient (Wildman–Crippen LogP) is 3.55. The number of carboxylic acid groups (broad SMARTS) is 1. The largest absolute Gasteiger partial charge is 0.481 e. The average Bonchev–Trinajstić information content (AvgIpc) is 3.16. The zero-order valence-electron chi connectivity index (χ0n) is 12.7. The van der Waals surface area contributed by atoms with Gasteiger partial charge in [0.1, 0.15) is 9.88 Å². The third-order valence-corrected chi connectivity index (χ3v) is 6.34. The van der Waals surface area contributed by atoms with Gasteiger partial charge < -0.3 is 10.4 Å². The van der Waals surface area contributed by atoms with Gasteiger partial charge in [-0.15, -0.1) is 22.7 Å². The number of thiazole rings is 1. The molecule has 0 saturated heterocycles. The van der Waals surface area contributed by atoms with Crippen LogP contribution in [0.1, 0.15) is 41.0 Å². The lowest BCUT2D eigenvalue weighted by molar-refractivity contribution is -0.142. The Morgan fingerprint density at radius 3 is 2.65 bits per heavy atom. The number of nitrogens with one attached hydrogen (secondary N) is 1. The van der Waals surface area contributed by atoms with Crippen molar-refractivity contribution in [3.8, 4) is 9.88 Å². The maximum atomic E-state index is 12.5. The topological polar surface area (TPSA) is 79.3 Å². The Morgan fingerprint density at radius 1 is 1.30 bits per heavy atom. The van der Waals surface area contributed by atoms with Crippen LogP contribution < -0.4 is 5.32 Å². The quantitative estimate of drug-likeness (QED) is 0.884. The molecule has 0 aromatic carbocycles. The lowest BCUT2D eigenvalue weighted by atomic mass is 9.86. The molecule has 23 heavy (non-hydrogen) atoms. The Balaban J connectivity index is 1.64. The van der Waals surface area contributed by atoms with Crippen LogP contribution in [0.3, 0.4) is 0 Å². The highest BCUT2D eigenvalue weighted by Crippen LogP contribution is 2.31. The number of aryl methyl sites for hydroxylation is 1. The van der Waals surface area contributed by atoms with E-state index in [1.54, 1.807) is 11.3 Å². The molecule has 2 N–H and O–H groups in total. The molecule has 1 aliphatic rings. The molecule has 0 unspecified atom stereocenters. The number of hydrogen-bond acceptors (Lipinski definition) is 5. The van der Waals surface area contributed by atoms with E-state index in [0.717, 1.165) is 28.4 Å². The van der Waals surface area contributed by atoms with Crippen molar-refractivity contribution in [1.82, 2.24) is 10.3 Å². The number of thiophene rings is 1. The first-order chi connectivity index (χ1) is 11.0. The van der Waals surface area contributed by atoms with E-state index in [9.17, 15) is 9.59 Å². The third-order valence-electron chi connectivity index (χ3n) is 4.15. The van der Waals surface area contributed by atoms with Gasteiger partial charge in [-0.1, -0.05) is 6.07 Å². The lowest BCUT2D eigenvalue weighted by Crippen LogP contribution is -2.38. The molecule has 122 valence electrons. The zero-order valence-corrected chi connectivity index (χ0v) is 14.4. The van der Waals surface area contributed by atoms with E-state index in [-0.39, 0.29) is 17.9 Å². The monoisotopic (exact) mass is 350 g/mol. The summed E-state index contributed by atoms with van der Waals surface area (Å²) in [5.74, 6) is -1.09. The summed E-state index contributed by atoms with van der Waals surface area (Å²) in [6.45, 7) is 1.85. The first kappa shape index (κ1) is 16.1. The van der Waals surface area contributed by atoms with Crippen LogP contribution in [0.2, 0.25) is 0 Å². The Hall–Kier alpha value is -1.73. The molecule has 0 atom stereocenters. The third kappa shape index (κ3) is 3.61. The SMILES string of the molecule is Cc1nc(-c2cccs2)sc1C(=O)NC1CCC(C(=O)O)CC1. The molecule has 2 aromatic heterocycles. The van der Waals surface area contributed by atoms with Crippen LogP contribution >= 0.6 is 22.7 Å². The molecule has 2 heterocycles. The van der Waals surface area contributed by atoms with Crippen molar-refractivity contribution in [3.63, 3.8) is 0 Å². The van der Waals surface area contributed by atoms with Crippen molar-refractivity contribution in [1.29, 1.82) is 0 Å². The van der Waals surface area contributed by atoms with E-state index >= 15 is 0 Å². The number of amides is 1. The Bertz CT molecular complexity index is 701. The van der Waals surface area contributed by atoms with Crippen molar-refractivity contribution in [3.05, 3.63) is 28.1 Å². The second kappa shape index (κ2) is 6.80. The number of aliphatic carboxylic acids is 1. The van der Waals surface area contributed by atoms with Crippen LogP contribution in [0.4, 0.5) is 0 Å². The molecule has 1 amide bonds. The summed E-state index contributed by atoms with van der Waals surface area (Å²) >= 11 is 3.02. The van der Waals surface area contributed by atoms with Gasteiger partial charge in [-0.2, -0.15) is 0 Å². The summed E-state index contributed by atoms with van der Waals surface area (Å²) in [6.07, 6.45) is 2.70. The van der Waals surface area contributed by atoms with E-state index in [1.165, 1.54) is 11.3 Å². The molecule has 0 aliphatic heterocycles. The van der Waals surface area contributed by atoms with E-state index in [0.29, 0.717) is 17.7 Å². The zero-order chi connectivity index (χ0) is 16.4. The number of carbonyl (C=O) groups excluding carboxylic acids is 1. The molecule has 0 bridgehead atoms. The van der Waals surface area contributed by atoms with Gasteiger partial charge in [-0.05, 0) is 44.1 Å². The standard InChI is InChI=1S/C16H18N2O3S2/c1-9-13(23-15(17-9)12-3-2-8-22-12)14(19)18-11-6-4-10(5-7-11)16(20)21/h2-3,8,10-11H,4-7H2,1H3,(H,18,19)(H,20,21). The molecule has 0 spiro atoms. The minimum absolute atomic E-state index is 0.0600. The highest BCUT2D eigenvalue weighted by molar-refractivity contribution is 7.22. The highest BCUT2D eigenvalue weighted by atomic mass is 32.1. The van der Waals surface area contributed by atoms with Crippen molar-refractivity contribution in [2.45, 2.75) is 38.6 Å². The number of rotatable bonds is 4. The van der Waals surface area contributed by atoms with Crippen LogP contribution in [0, 0.1) is 12.8 Å². The molecule has 3 rings (SSSR count). The maximum absolute atomic E-state index is 12.5. The first-order valence-corrected chi connectivity index (χ1v) is 9.29. The molecule has 1 saturated carbocycles. The van der Waals surface area contributed by atoms with Crippen molar-refractivity contribution in [2.75, 3.05) is 0 Å². The number of hydrogen-bond donors (Lipinski definition) is 2. The van der Waals surface area contributed by atoms with Gasteiger partial charge in [0.15, 0.2) is 0 Å². The van der Waals surface area contributed by atoms with Crippen molar-refractivity contribution in [2.24, 2.45) is 5.92 Å². The molecule has 1 fully saturated rings. The van der Waals surface area contributed by atoms with Crippen LogP contribution in [-0.2, 0) is 4.79 Å². The fraction of sp³-hybridized carbons (Fsp3) is 0.438. The molecule has 2 aromatic rings. The summed E-state index contributed by atoms with van der Waals surface area (Å²) in [5, 5.41) is 14.9. The Kier molecular flexibility index (Phi) is 4.77. The smallest absolute Gasteiger partial charge is 0.306 e. The highest BCUT2D eigenvalue weighted by Gasteiger charge is 2.27. The average molecular weight is 350 g/mol. The van der Waals surface area contributed by atoms with Gasteiger partial charge in [-0.3, -0.25) is 9.59 Å². The molecule has 7 heteroatoms. The molecule has 1 aliphatic carbocycles. The van der Waals surface area contributed by atoms with Crippen LogP contribution in [-0.4, -0.2) is 28.0 Å². The van der Waals surface area contributed by atoms with Gasteiger partial charge in [-0.25, -0.2) is 4.98 Å². The van der Waals surface area contributed by atoms with Crippen LogP contribution in [0.15, 0.2) is 17.5 Å². The van der Waals surface area contributed by atoms with Gasteiger partial charge in [0.05, 0.1) is 16.5 Å². The Morgan fingerprint density at radius 2 is 2.04 bits per heavy atom. The Labute approximate surface area is 142 Å². The normalized spacial score (nSPS) is 21.1. The number of carboxylic acids is 1. The fourth-order valence-electron chi connectivity index (χ4n) is 2.85. The summed E-state index contributed by atoms with van der Waals surface area (Å²) < 4.78 is 0. The molecule has 5 nitrogen and oxygen atoms in total. The van der Waals surface area contributed by atoms with E-state index in [1.807, 2.05) is 24.4 Å². The second-order valence-corrected chi connectivity index (χ2v) is 7.72. The van der Waals surface area contributed by atoms with Gasteiger partial charge in [0.25, 0.3) is 5.91 Å². The van der Waals surface area contributed by atoms with E-state index in [4.69, 9.17) is 5.11 Å². The van der Waals surface area contributed by atoms with Gasteiger partial charge in [0, 0.05) is 6.04 Å². The number of carbonyl (C=O) groups is 2. The number of aromatic nitrogens is 1. The molecular weight excluding hydrogens is 332 g/mol. The van der Waals surface area contributed by atoms with Crippen molar-refractivity contribution < 1.29 is 14.7 Å². The maximum Gasteiger partial charge on any atom is 0.306 e. The fourth-order valence-corrected chi connectivity index (χ4v) is 4.61. The lowest BCUT2D eigenvalue weighted by Gasteiger charge is -2.26. The van der Waals surface area contributed by atoms with Gasteiger partial charge in [0.2, 0.25) is 0 Å². The predicted molar refractivity (Wildman–Crippen MR) is 91.0 cm³/mol. The summed E-state index contributed by atoms with van der Waals surface area (Å²) in [6, 6.07) is 4.03. The minimum atomic E-state index is -0.728. The number of nitrogens with zero attached hydrogens (tertiary/aromatic N) is 1. The second-order valence-electron chi connectivity index (χ2n) is 5.77. The minimum Gasteiger partial charge on any atom is -0.481 e. The van der Waals surface area contributed by atoms with Crippen LogP contribution in [0.25, 0.3) is 9.88 Å². The first-order valence-electron chi connectivity index (χ1n) is 7.59. The van der Waals surface area contributed by atoms with E-state index in [2.05, 4.69) is 10.3 Å². The summed E-state index contributed by atoms with van der Waals surface area (Å²) in [4.78, 5) is 29.7.